The van der Waals surface area contributed by atoms with Gasteiger partial charge in [-0.1, -0.05) is 0 Å². The molecule has 1 aliphatic carbocycles. The minimum Gasteiger partial charge on any atom is -0.390 e. The summed E-state index contributed by atoms with van der Waals surface area (Å²) in [7, 11) is 0. The van der Waals surface area contributed by atoms with Crippen molar-refractivity contribution in [1.29, 1.82) is 0 Å². The number of nitrogens with one attached hydrogen (secondary N) is 1. The summed E-state index contributed by atoms with van der Waals surface area (Å²) in [6, 6.07) is 0.307. The van der Waals surface area contributed by atoms with E-state index in [-0.39, 0.29) is 11.8 Å². The van der Waals surface area contributed by atoms with E-state index in [0.29, 0.717) is 21.5 Å². The normalized spacial score (nSPS) is 18.6. The SMILES string of the molecule is Cc1c(C(=O)NC2CC2)sc(N)c1C(=O)N1CCCCC1. The standard InChI is InChI=1S/C15H21N3O2S/c1-9-11(15(20)18-7-3-2-4-8-18)13(16)21-12(9)14(19)17-10-5-6-10/h10H,2-8,16H2,1H3,(H,17,19). The van der Waals surface area contributed by atoms with Crippen LogP contribution in [0, 0.1) is 6.92 Å². The average Bonchev–Trinajstić information content (AvgIpc) is 3.24. The van der Waals surface area contributed by atoms with Crippen LogP contribution in [0.15, 0.2) is 0 Å². The molecule has 2 amide bonds. The van der Waals surface area contributed by atoms with Crippen molar-refractivity contribution in [2.24, 2.45) is 0 Å². The van der Waals surface area contributed by atoms with Crippen molar-refractivity contribution in [2.75, 3.05) is 18.8 Å². The third kappa shape index (κ3) is 2.90. The van der Waals surface area contributed by atoms with Crippen LogP contribution < -0.4 is 11.1 Å². The van der Waals surface area contributed by atoms with Crippen LogP contribution in [-0.2, 0) is 0 Å². The second-order valence-electron chi connectivity index (χ2n) is 5.90. The van der Waals surface area contributed by atoms with E-state index in [1.807, 2.05) is 11.8 Å². The van der Waals surface area contributed by atoms with Crippen LogP contribution in [0.25, 0.3) is 0 Å². The molecule has 2 aliphatic rings. The molecule has 3 rings (SSSR count). The molecule has 1 aromatic rings. The largest absolute Gasteiger partial charge is 0.390 e. The predicted molar refractivity (Wildman–Crippen MR) is 83.7 cm³/mol. The van der Waals surface area contributed by atoms with Gasteiger partial charge in [0.2, 0.25) is 0 Å². The van der Waals surface area contributed by atoms with E-state index in [2.05, 4.69) is 5.32 Å². The molecule has 114 valence electrons. The Balaban J connectivity index is 1.82. The van der Waals surface area contributed by atoms with Crippen LogP contribution in [0.5, 0.6) is 0 Å². The molecule has 0 aromatic carbocycles. The maximum absolute atomic E-state index is 12.6. The van der Waals surface area contributed by atoms with Crippen LogP contribution in [0.4, 0.5) is 5.00 Å². The number of anilines is 1. The number of piperidine rings is 1. The Labute approximate surface area is 128 Å². The molecule has 0 bridgehead atoms. The van der Waals surface area contributed by atoms with Gasteiger partial charge in [-0.25, -0.2) is 0 Å². The number of nitrogens with two attached hydrogens (primary N) is 1. The summed E-state index contributed by atoms with van der Waals surface area (Å²) < 4.78 is 0. The highest BCUT2D eigenvalue weighted by Gasteiger charge is 2.30. The highest BCUT2D eigenvalue weighted by atomic mass is 32.1. The van der Waals surface area contributed by atoms with E-state index in [4.69, 9.17) is 5.73 Å². The lowest BCUT2D eigenvalue weighted by Crippen LogP contribution is -2.36. The van der Waals surface area contributed by atoms with Gasteiger partial charge in [0.15, 0.2) is 0 Å². The van der Waals surface area contributed by atoms with Gasteiger partial charge in [-0.05, 0) is 44.6 Å². The van der Waals surface area contributed by atoms with Gasteiger partial charge in [-0.2, -0.15) is 0 Å². The Morgan fingerprint density at radius 1 is 1.24 bits per heavy atom. The summed E-state index contributed by atoms with van der Waals surface area (Å²) in [6.07, 6.45) is 5.36. The summed E-state index contributed by atoms with van der Waals surface area (Å²) >= 11 is 1.23. The lowest BCUT2D eigenvalue weighted by molar-refractivity contribution is 0.0725. The van der Waals surface area contributed by atoms with Gasteiger partial charge in [-0.15, -0.1) is 11.3 Å². The maximum Gasteiger partial charge on any atom is 0.261 e. The molecule has 1 aromatic heterocycles. The third-order valence-corrected chi connectivity index (χ3v) is 5.27. The van der Waals surface area contributed by atoms with Crippen molar-refractivity contribution in [1.82, 2.24) is 10.2 Å². The van der Waals surface area contributed by atoms with Gasteiger partial charge in [0.05, 0.1) is 15.4 Å². The highest BCUT2D eigenvalue weighted by Crippen LogP contribution is 2.33. The monoisotopic (exact) mass is 307 g/mol. The zero-order valence-corrected chi connectivity index (χ0v) is 13.1. The lowest BCUT2D eigenvalue weighted by atomic mass is 10.1. The predicted octanol–water partition coefficient (Wildman–Crippen LogP) is 2.16. The van der Waals surface area contributed by atoms with Crippen LogP contribution in [0.3, 0.4) is 0 Å². The molecule has 1 saturated heterocycles. The van der Waals surface area contributed by atoms with E-state index in [1.54, 1.807) is 0 Å². The highest BCUT2D eigenvalue weighted by molar-refractivity contribution is 7.18. The van der Waals surface area contributed by atoms with Crippen LogP contribution in [0.1, 0.15) is 57.7 Å². The van der Waals surface area contributed by atoms with Crippen molar-refractivity contribution in [3.63, 3.8) is 0 Å². The van der Waals surface area contributed by atoms with Crippen molar-refractivity contribution in [3.8, 4) is 0 Å². The van der Waals surface area contributed by atoms with Gasteiger partial charge in [0, 0.05) is 19.1 Å². The van der Waals surface area contributed by atoms with Gasteiger partial charge in [0.1, 0.15) is 0 Å². The number of rotatable bonds is 3. The number of hydrogen-bond donors (Lipinski definition) is 2. The Kier molecular flexibility index (Phi) is 3.89. The summed E-state index contributed by atoms with van der Waals surface area (Å²) in [4.78, 5) is 27.3. The number of amides is 2. The minimum atomic E-state index is -0.0932. The second kappa shape index (κ2) is 5.67. The minimum absolute atomic E-state index is 0.0218. The fraction of sp³-hybridized carbons (Fsp3) is 0.600. The number of nitrogens with zero attached hydrogens (tertiary/aromatic N) is 1. The molecule has 2 heterocycles. The number of thiophene rings is 1. The van der Waals surface area contributed by atoms with E-state index in [1.165, 1.54) is 17.8 Å². The first-order chi connectivity index (χ1) is 10.1. The first-order valence-electron chi connectivity index (χ1n) is 7.57. The average molecular weight is 307 g/mol. The summed E-state index contributed by atoms with van der Waals surface area (Å²) in [5.41, 5.74) is 7.28. The third-order valence-electron chi connectivity index (χ3n) is 4.15. The van der Waals surface area contributed by atoms with Gasteiger partial charge >= 0.3 is 0 Å². The first-order valence-corrected chi connectivity index (χ1v) is 8.38. The fourth-order valence-electron chi connectivity index (χ4n) is 2.75. The number of carbonyl (C=O) groups excluding carboxylic acids is 2. The fourth-order valence-corrected chi connectivity index (χ4v) is 3.72. The molecule has 21 heavy (non-hydrogen) atoms. The molecule has 1 saturated carbocycles. The van der Waals surface area contributed by atoms with Crippen LogP contribution >= 0.6 is 11.3 Å². The molecule has 6 heteroatoms. The summed E-state index contributed by atoms with van der Waals surface area (Å²) in [5.74, 6) is -0.115. The van der Waals surface area contributed by atoms with Crippen LogP contribution in [0.2, 0.25) is 0 Å². The molecule has 1 aliphatic heterocycles. The van der Waals surface area contributed by atoms with Crippen molar-refractivity contribution >= 4 is 28.2 Å². The van der Waals surface area contributed by atoms with Crippen molar-refractivity contribution < 1.29 is 9.59 Å². The number of likely N-dealkylation sites (tertiary alicyclic amines) is 1. The molecule has 0 atom stereocenters. The lowest BCUT2D eigenvalue weighted by Gasteiger charge is -2.26. The molecule has 5 nitrogen and oxygen atoms in total. The number of nitrogen functional groups attached to an aromatic ring is 1. The Hall–Kier alpha value is -1.56. The summed E-state index contributed by atoms with van der Waals surface area (Å²) in [5, 5.41) is 3.42. The Morgan fingerprint density at radius 3 is 2.52 bits per heavy atom. The molecule has 3 N–H and O–H groups in total. The smallest absolute Gasteiger partial charge is 0.261 e. The molecule has 0 unspecified atom stereocenters. The van der Waals surface area contributed by atoms with Crippen molar-refractivity contribution in [2.45, 2.75) is 45.1 Å². The quantitative estimate of drug-likeness (QED) is 0.898. The van der Waals surface area contributed by atoms with E-state index in [0.717, 1.165) is 44.3 Å². The number of hydrogen-bond acceptors (Lipinski definition) is 4. The molecule has 2 fully saturated rings. The number of carbonyl (C=O) groups is 2. The van der Waals surface area contributed by atoms with Gasteiger partial charge in [0.25, 0.3) is 11.8 Å². The molecule has 0 spiro atoms. The van der Waals surface area contributed by atoms with Crippen LogP contribution in [-0.4, -0.2) is 35.8 Å². The molecular formula is C15H21N3O2S. The van der Waals surface area contributed by atoms with E-state index in [9.17, 15) is 9.59 Å². The topological polar surface area (TPSA) is 75.4 Å². The first kappa shape index (κ1) is 14.4. The van der Waals surface area contributed by atoms with E-state index >= 15 is 0 Å². The zero-order chi connectivity index (χ0) is 15.0. The molecular weight excluding hydrogens is 286 g/mol. The van der Waals surface area contributed by atoms with E-state index < -0.39 is 0 Å². The summed E-state index contributed by atoms with van der Waals surface area (Å²) in [6.45, 7) is 3.40. The Morgan fingerprint density at radius 2 is 1.90 bits per heavy atom. The molecule has 0 radical (unpaired) electrons. The van der Waals surface area contributed by atoms with Gasteiger partial charge in [-0.3, -0.25) is 9.59 Å². The maximum atomic E-state index is 12.6. The zero-order valence-electron chi connectivity index (χ0n) is 12.3. The van der Waals surface area contributed by atoms with Gasteiger partial charge < -0.3 is 16.0 Å². The Bertz CT molecular complexity index is 572. The second-order valence-corrected chi connectivity index (χ2v) is 6.95. The van der Waals surface area contributed by atoms with Crippen molar-refractivity contribution in [3.05, 3.63) is 16.0 Å².